The smallest absolute Gasteiger partial charge is 0.446 e. The van der Waals surface area contributed by atoms with Crippen LogP contribution in [0.1, 0.15) is 44.4 Å². The Morgan fingerprint density at radius 1 is 0.914 bits per heavy atom. The summed E-state index contributed by atoms with van der Waals surface area (Å²) in [7, 11) is 3.14. The van der Waals surface area contributed by atoms with Crippen molar-refractivity contribution in [2.24, 2.45) is 0 Å². The van der Waals surface area contributed by atoms with Crippen LogP contribution in [0.4, 0.5) is 38.4 Å². The van der Waals surface area contributed by atoms with Gasteiger partial charge < -0.3 is 28.9 Å². The highest BCUT2D eigenvalue weighted by Gasteiger charge is 2.36. The minimum absolute atomic E-state index is 0.0591. The van der Waals surface area contributed by atoms with E-state index in [1.807, 2.05) is 76.0 Å². The van der Waals surface area contributed by atoms with Gasteiger partial charge in [0.05, 0.1) is 25.5 Å². The number of alkyl halides is 3. The number of carbonyl (C=O) groups is 1. The first-order valence-corrected chi connectivity index (χ1v) is 20.1. The molecule has 1 aliphatic rings. The monoisotopic (exact) mass is 936 g/mol. The van der Waals surface area contributed by atoms with Crippen LogP contribution in [0, 0.1) is 22.4 Å². The molecule has 10 nitrogen and oxygen atoms in total. The van der Waals surface area contributed by atoms with Crippen molar-refractivity contribution in [1.29, 1.82) is 0 Å². The second kappa shape index (κ2) is 17.3. The molecule has 6 rings (SSSR count). The predicted molar refractivity (Wildman–Crippen MR) is 223 cm³/mol. The van der Waals surface area contributed by atoms with Crippen molar-refractivity contribution in [3.8, 4) is 22.8 Å². The van der Waals surface area contributed by atoms with E-state index in [2.05, 4.69) is 9.97 Å². The van der Waals surface area contributed by atoms with Crippen LogP contribution in [0.5, 0.6) is 11.5 Å². The molecule has 3 heterocycles. The number of thioether (sulfide) groups is 1. The number of hydrogen-bond acceptors (Lipinski definition) is 10. The van der Waals surface area contributed by atoms with Crippen LogP contribution in [0.2, 0.25) is 0 Å². The number of carbonyl (C=O) groups excluding carboxylic acids is 1. The molecule has 1 aliphatic heterocycles. The Kier molecular flexibility index (Phi) is 12.8. The van der Waals surface area contributed by atoms with E-state index in [1.165, 1.54) is 4.90 Å². The lowest BCUT2D eigenvalue weighted by Crippen LogP contribution is -2.55. The number of anilines is 2. The summed E-state index contributed by atoms with van der Waals surface area (Å²) in [6.07, 6.45) is -1.80. The summed E-state index contributed by atoms with van der Waals surface area (Å²) in [6, 6.07) is 17.3. The lowest BCUT2D eigenvalue weighted by Gasteiger charge is -2.41. The Hall–Kier alpha value is -4.65. The van der Waals surface area contributed by atoms with Crippen molar-refractivity contribution in [3.63, 3.8) is 0 Å². The highest BCUT2D eigenvalue weighted by atomic mass is 127. The Morgan fingerprint density at radius 3 is 2.02 bits per heavy atom. The molecule has 0 saturated carbocycles. The molecule has 1 fully saturated rings. The lowest BCUT2D eigenvalue weighted by atomic mass is 10.0. The first-order valence-electron chi connectivity index (χ1n) is 18.2. The van der Waals surface area contributed by atoms with E-state index in [0.717, 1.165) is 17.2 Å². The van der Waals surface area contributed by atoms with E-state index >= 15 is 8.78 Å². The quantitative estimate of drug-likeness (QED) is 0.0583. The Labute approximate surface area is 351 Å². The zero-order valence-electron chi connectivity index (χ0n) is 32.9. The summed E-state index contributed by atoms with van der Waals surface area (Å²) in [5, 5.41) is -0.115. The molecule has 1 saturated heterocycles. The van der Waals surface area contributed by atoms with Gasteiger partial charge in [0.25, 0.3) is 0 Å². The van der Waals surface area contributed by atoms with E-state index in [9.17, 15) is 18.0 Å². The number of pyridine rings is 1. The molecule has 308 valence electrons. The number of halogens is 6. The molecule has 0 unspecified atom stereocenters. The topological polar surface area (TPSA) is 93.2 Å². The predicted octanol–water partition coefficient (Wildman–Crippen LogP) is 10.2. The molecule has 1 atom stereocenters. The molecule has 17 heteroatoms. The number of hydrogen-bond donors (Lipinski definition) is 0. The van der Waals surface area contributed by atoms with Gasteiger partial charge in [-0.05, 0) is 122 Å². The molecule has 3 aromatic carbocycles. The minimum atomic E-state index is -4.84. The third-order valence-electron chi connectivity index (χ3n) is 9.38. The molecule has 2 aromatic heterocycles. The van der Waals surface area contributed by atoms with Crippen LogP contribution >= 0.6 is 34.4 Å². The van der Waals surface area contributed by atoms with E-state index in [1.54, 1.807) is 59.8 Å². The molecule has 0 bridgehead atoms. The molecular formula is C41H42F5IN6O4S. The number of benzene rings is 3. The maximum Gasteiger partial charge on any atom is 0.446 e. The Morgan fingerprint density at radius 2 is 1.50 bits per heavy atom. The third-order valence-corrected chi connectivity index (χ3v) is 11.5. The fraction of sp³-hybridized carbons (Fsp3) is 0.366. The number of fused-ring (bicyclic) bond motifs is 1. The van der Waals surface area contributed by atoms with Crippen LogP contribution < -0.4 is 19.3 Å². The summed E-state index contributed by atoms with van der Waals surface area (Å²) in [4.78, 5) is 30.0. The summed E-state index contributed by atoms with van der Waals surface area (Å²) in [6.45, 7) is 9.82. The molecule has 1 amide bonds. The third kappa shape index (κ3) is 9.96. The molecule has 58 heavy (non-hydrogen) atoms. The van der Waals surface area contributed by atoms with Crippen LogP contribution in [-0.2, 0) is 17.8 Å². The normalized spacial score (nSPS) is 14.8. The van der Waals surface area contributed by atoms with Crippen molar-refractivity contribution < 1.29 is 41.0 Å². The molecule has 0 N–H and O–H groups in total. The van der Waals surface area contributed by atoms with E-state index < -0.39 is 62.9 Å². The van der Waals surface area contributed by atoms with Crippen LogP contribution in [0.25, 0.3) is 22.2 Å². The number of rotatable bonds is 10. The van der Waals surface area contributed by atoms with Gasteiger partial charge in [-0.3, -0.25) is 0 Å². The van der Waals surface area contributed by atoms with Crippen LogP contribution in [0.3, 0.4) is 0 Å². The number of aromatic nitrogens is 3. The number of amides is 1. The van der Waals surface area contributed by atoms with E-state index in [4.69, 9.17) is 19.2 Å². The van der Waals surface area contributed by atoms with Gasteiger partial charge >= 0.3 is 17.7 Å². The molecular weight excluding hydrogens is 894 g/mol. The lowest BCUT2D eigenvalue weighted by molar-refractivity contribution is -0.0328. The minimum Gasteiger partial charge on any atom is -0.497 e. The van der Waals surface area contributed by atoms with Gasteiger partial charge in [-0.15, -0.1) is 0 Å². The number of aryl methyl sites for hydroxylation is 1. The Bertz CT molecular complexity index is 2240. The van der Waals surface area contributed by atoms with Gasteiger partial charge in [-0.2, -0.15) is 27.5 Å². The zero-order valence-corrected chi connectivity index (χ0v) is 35.9. The number of methoxy groups -OCH3 is 2. The highest BCUT2D eigenvalue weighted by molar-refractivity contribution is 14.1. The van der Waals surface area contributed by atoms with Gasteiger partial charge in [0.1, 0.15) is 34.3 Å². The first-order chi connectivity index (χ1) is 27.3. The molecule has 5 aromatic rings. The van der Waals surface area contributed by atoms with E-state index in [0.29, 0.717) is 39.5 Å². The SMILES string of the molecule is COc1ccc(CN(Cc2ccc(OC)cc2)c2cc(C)c(I)c(-c3c(SC(F)(F)F)cc4c(N5CCN(C(=O)OC(C)(C)C)C[C@@H]5C)nc(F)nc4c3F)n2)cc1. The number of nitrogens with zero attached hydrogens (tertiary/aromatic N) is 6. The maximum absolute atomic E-state index is 17.2. The van der Waals surface area contributed by atoms with Gasteiger partial charge in [0, 0.05) is 52.6 Å². The average molecular weight is 937 g/mol. The van der Waals surface area contributed by atoms with Crippen molar-refractivity contribution in [2.75, 3.05) is 43.7 Å². The summed E-state index contributed by atoms with van der Waals surface area (Å²) >= 11 is 1.45. The average Bonchev–Trinajstić information content (AvgIpc) is 3.15. The van der Waals surface area contributed by atoms with Crippen molar-refractivity contribution in [2.45, 2.75) is 69.8 Å². The highest BCUT2D eigenvalue weighted by Crippen LogP contribution is 2.47. The Balaban J connectivity index is 1.48. The van der Waals surface area contributed by atoms with Gasteiger partial charge in [-0.1, -0.05) is 24.3 Å². The molecule has 0 spiro atoms. The molecule has 0 radical (unpaired) electrons. The summed E-state index contributed by atoms with van der Waals surface area (Å²) in [5.41, 5.74) is -4.19. The summed E-state index contributed by atoms with van der Waals surface area (Å²) < 4.78 is 92.4. The van der Waals surface area contributed by atoms with Crippen LogP contribution in [0.15, 0.2) is 65.6 Å². The fourth-order valence-corrected chi connectivity index (χ4v) is 7.92. The standard InChI is InChI=1S/C41H42F5IN6O4S/c1-23-18-31(52(21-25-8-12-27(55-6)13-9-25)22-26-10-14-28(56-7)15-11-26)48-36(34(23)47)32-30(58-41(44,45)46)19-29-35(33(32)42)49-38(43)50-37(29)53-17-16-51(20-24(53)2)39(54)57-40(3,4)5/h8-15,18-19,24H,16-17,20-22H2,1-7H3/t24-/m0/s1. The second-order valence-electron chi connectivity index (χ2n) is 14.8. The van der Waals surface area contributed by atoms with Crippen molar-refractivity contribution in [3.05, 3.63) is 92.8 Å². The first kappa shape index (κ1) is 42.9. The van der Waals surface area contributed by atoms with E-state index in [-0.39, 0.29) is 36.5 Å². The van der Waals surface area contributed by atoms with Gasteiger partial charge in [0.15, 0.2) is 5.82 Å². The number of piperazine rings is 1. The van der Waals surface area contributed by atoms with Gasteiger partial charge in [-0.25, -0.2) is 14.2 Å². The fourth-order valence-electron chi connectivity index (χ4n) is 6.66. The van der Waals surface area contributed by atoms with Crippen molar-refractivity contribution >= 4 is 63.0 Å². The molecule has 0 aliphatic carbocycles. The van der Waals surface area contributed by atoms with Crippen LogP contribution in [-0.4, -0.2) is 77.0 Å². The maximum atomic E-state index is 17.2. The van der Waals surface area contributed by atoms with Crippen molar-refractivity contribution in [1.82, 2.24) is 19.9 Å². The zero-order chi connectivity index (χ0) is 42.1. The largest absolute Gasteiger partial charge is 0.497 e. The summed E-state index contributed by atoms with van der Waals surface area (Å²) in [5.74, 6) is 0.432. The van der Waals surface area contributed by atoms with Gasteiger partial charge in [0.2, 0.25) is 0 Å². The number of ether oxygens (including phenoxy) is 3. The second-order valence-corrected chi connectivity index (χ2v) is 17.0.